The Morgan fingerprint density at radius 2 is 1.67 bits per heavy atom. The van der Waals surface area contributed by atoms with E-state index in [0.29, 0.717) is 0 Å². The second-order valence-electron chi connectivity index (χ2n) is 4.84. The van der Waals surface area contributed by atoms with Crippen LogP contribution in [0.4, 0.5) is 0 Å². The van der Waals surface area contributed by atoms with Gasteiger partial charge < -0.3 is 5.11 Å². The van der Waals surface area contributed by atoms with Gasteiger partial charge >= 0.3 is 0 Å². The Kier molecular flexibility index (Phi) is 2.59. The number of para-hydroxylation sites is 1. The highest BCUT2D eigenvalue weighted by atomic mass is 32.1. The van der Waals surface area contributed by atoms with Crippen molar-refractivity contribution in [2.75, 3.05) is 0 Å². The molecule has 0 saturated heterocycles. The van der Waals surface area contributed by atoms with E-state index in [-0.39, 0.29) is 11.3 Å². The average molecular weight is 293 g/mol. The van der Waals surface area contributed by atoms with Gasteiger partial charge in [-0.05, 0) is 41.8 Å². The summed E-state index contributed by atoms with van der Waals surface area (Å²) in [5.41, 5.74) is 1.60. The van der Waals surface area contributed by atoms with Crippen molar-refractivity contribution in [3.8, 4) is 11.4 Å². The third-order valence-electron chi connectivity index (χ3n) is 3.61. The molecule has 0 bridgehead atoms. The van der Waals surface area contributed by atoms with E-state index in [0.717, 1.165) is 26.7 Å². The van der Waals surface area contributed by atoms with Gasteiger partial charge in [-0.15, -0.1) is 11.3 Å². The number of nitrogens with zero attached hydrogens (tertiary/aromatic N) is 1. The minimum Gasteiger partial charge on any atom is -0.508 e. The van der Waals surface area contributed by atoms with E-state index in [4.69, 9.17) is 0 Å². The first-order valence-electron chi connectivity index (χ1n) is 6.56. The number of aromatic hydroxyl groups is 1. The maximum absolute atomic E-state index is 12.8. The lowest BCUT2D eigenvalue weighted by Crippen LogP contribution is -2.18. The van der Waals surface area contributed by atoms with Crippen LogP contribution in [0.15, 0.2) is 64.8 Å². The molecule has 4 aromatic rings. The molecule has 2 heterocycles. The van der Waals surface area contributed by atoms with Crippen LogP contribution in [-0.2, 0) is 0 Å². The first kappa shape index (κ1) is 12.2. The Morgan fingerprint density at radius 1 is 0.905 bits per heavy atom. The molecule has 0 aliphatic heterocycles. The maximum atomic E-state index is 12.8. The molecular formula is C17H11NO2S. The van der Waals surface area contributed by atoms with E-state index in [1.54, 1.807) is 28.8 Å². The summed E-state index contributed by atoms with van der Waals surface area (Å²) in [4.78, 5) is 12.8. The largest absolute Gasteiger partial charge is 0.508 e. The van der Waals surface area contributed by atoms with E-state index in [1.165, 1.54) is 11.3 Å². The molecule has 0 atom stereocenters. The van der Waals surface area contributed by atoms with Crippen LogP contribution in [0.25, 0.3) is 26.7 Å². The lowest BCUT2D eigenvalue weighted by atomic mass is 10.1. The van der Waals surface area contributed by atoms with Crippen LogP contribution in [0.5, 0.6) is 5.75 Å². The number of hydrogen-bond donors (Lipinski definition) is 1. The van der Waals surface area contributed by atoms with Crippen molar-refractivity contribution in [2.24, 2.45) is 0 Å². The molecule has 21 heavy (non-hydrogen) atoms. The molecule has 0 amide bonds. The average Bonchev–Trinajstić information content (AvgIpc) is 2.99. The number of benzene rings is 2. The van der Waals surface area contributed by atoms with Gasteiger partial charge in [0.15, 0.2) is 0 Å². The summed E-state index contributed by atoms with van der Waals surface area (Å²) in [5, 5.41) is 13.4. The van der Waals surface area contributed by atoms with E-state index in [9.17, 15) is 9.90 Å². The number of hydrogen-bond acceptors (Lipinski definition) is 3. The standard InChI is InChI=1S/C17H11NO2S/c19-12-7-5-11(6-8-12)18-15-4-2-1-3-13(15)14-9-10-21-16(14)17(18)20/h1-10,19H. The van der Waals surface area contributed by atoms with Crippen LogP contribution in [0.3, 0.4) is 0 Å². The first-order valence-corrected chi connectivity index (χ1v) is 7.44. The molecule has 2 aromatic heterocycles. The van der Waals surface area contributed by atoms with E-state index in [1.807, 2.05) is 35.7 Å². The number of phenols is 1. The van der Waals surface area contributed by atoms with Gasteiger partial charge in [0, 0.05) is 16.5 Å². The number of aromatic nitrogens is 1. The van der Waals surface area contributed by atoms with Crippen LogP contribution in [0.2, 0.25) is 0 Å². The van der Waals surface area contributed by atoms with Crippen molar-refractivity contribution in [3.05, 3.63) is 70.3 Å². The Labute approximate surface area is 124 Å². The molecule has 0 aliphatic rings. The van der Waals surface area contributed by atoms with Crippen LogP contribution < -0.4 is 5.56 Å². The van der Waals surface area contributed by atoms with Crippen LogP contribution >= 0.6 is 11.3 Å². The fourth-order valence-electron chi connectivity index (χ4n) is 2.65. The van der Waals surface area contributed by atoms with Gasteiger partial charge in [-0.1, -0.05) is 18.2 Å². The van der Waals surface area contributed by atoms with Crippen molar-refractivity contribution in [1.82, 2.24) is 4.57 Å². The monoisotopic (exact) mass is 293 g/mol. The number of fused-ring (bicyclic) bond motifs is 3. The molecule has 0 radical (unpaired) electrons. The zero-order valence-corrected chi connectivity index (χ0v) is 11.8. The van der Waals surface area contributed by atoms with Gasteiger partial charge in [-0.3, -0.25) is 9.36 Å². The van der Waals surface area contributed by atoms with Crippen molar-refractivity contribution in [3.63, 3.8) is 0 Å². The minimum atomic E-state index is -0.0237. The van der Waals surface area contributed by atoms with Gasteiger partial charge in [0.25, 0.3) is 5.56 Å². The second kappa shape index (κ2) is 4.46. The lowest BCUT2D eigenvalue weighted by molar-refractivity contribution is 0.475. The number of thiophene rings is 1. The van der Waals surface area contributed by atoms with Crippen LogP contribution in [-0.4, -0.2) is 9.67 Å². The number of pyridine rings is 1. The highest BCUT2D eigenvalue weighted by molar-refractivity contribution is 7.17. The quantitative estimate of drug-likeness (QED) is 0.578. The topological polar surface area (TPSA) is 42.2 Å². The third kappa shape index (κ3) is 1.76. The second-order valence-corrected chi connectivity index (χ2v) is 5.75. The first-order chi connectivity index (χ1) is 10.3. The predicted octanol–water partition coefficient (Wildman–Crippen LogP) is 3.91. The van der Waals surface area contributed by atoms with Crippen molar-refractivity contribution in [1.29, 1.82) is 0 Å². The summed E-state index contributed by atoms with van der Waals surface area (Å²) in [7, 11) is 0. The molecule has 0 unspecified atom stereocenters. The number of phenolic OH excluding ortho intramolecular Hbond substituents is 1. The summed E-state index contributed by atoms with van der Waals surface area (Å²) >= 11 is 1.46. The molecule has 0 spiro atoms. The highest BCUT2D eigenvalue weighted by Crippen LogP contribution is 2.28. The van der Waals surface area contributed by atoms with Gasteiger partial charge in [0.1, 0.15) is 10.4 Å². The van der Waals surface area contributed by atoms with E-state index in [2.05, 4.69) is 0 Å². The zero-order valence-electron chi connectivity index (χ0n) is 11.0. The molecule has 0 fully saturated rings. The molecule has 0 saturated carbocycles. The molecular weight excluding hydrogens is 282 g/mol. The zero-order chi connectivity index (χ0) is 14.4. The number of rotatable bonds is 1. The molecule has 102 valence electrons. The molecule has 3 nitrogen and oxygen atoms in total. The molecule has 2 aromatic carbocycles. The maximum Gasteiger partial charge on any atom is 0.273 e. The lowest BCUT2D eigenvalue weighted by Gasteiger charge is -2.11. The fraction of sp³-hybridized carbons (Fsp3) is 0. The fourth-order valence-corrected chi connectivity index (χ4v) is 3.49. The summed E-state index contributed by atoms with van der Waals surface area (Å²) < 4.78 is 2.45. The van der Waals surface area contributed by atoms with Gasteiger partial charge in [0.05, 0.1) is 5.52 Å². The highest BCUT2D eigenvalue weighted by Gasteiger charge is 2.12. The summed E-state index contributed by atoms with van der Waals surface area (Å²) in [6.45, 7) is 0. The Hall–Kier alpha value is -2.59. The molecule has 0 aliphatic carbocycles. The Balaban J connectivity index is 2.22. The van der Waals surface area contributed by atoms with Crippen LogP contribution in [0, 0.1) is 0 Å². The van der Waals surface area contributed by atoms with E-state index >= 15 is 0 Å². The Bertz CT molecular complexity index is 1010. The van der Waals surface area contributed by atoms with E-state index < -0.39 is 0 Å². The Morgan fingerprint density at radius 3 is 2.48 bits per heavy atom. The van der Waals surface area contributed by atoms with Crippen molar-refractivity contribution >= 4 is 32.3 Å². The smallest absolute Gasteiger partial charge is 0.273 e. The normalized spacial score (nSPS) is 11.2. The van der Waals surface area contributed by atoms with Crippen LogP contribution in [0.1, 0.15) is 0 Å². The summed E-state index contributed by atoms with van der Waals surface area (Å²) in [5.74, 6) is 0.188. The summed E-state index contributed by atoms with van der Waals surface area (Å²) in [6.07, 6.45) is 0. The van der Waals surface area contributed by atoms with Gasteiger partial charge in [-0.25, -0.2) is 0 Å². The van der Waals surface area contributed by atoms with Crippen molar-refractivity contribution < 1.29 is 5.11 Å². The summed E-state index contributed by atoms with van der Waals surface area (Å²) in [6, 6.07) is 16.6. The molecule has 4 rings (SSSR count). The third-order valence-corrected chi connectivity index (χ3v) is 4.51. The van der Waals surface area contributed by atoms with Gasteiger partial charge in [-0.2, -0.15) is 0 Å². The van der Waals surface area contributed by atoms with Gasteiger partial charge in [0.2, 0.25) is 0 Å². The van der Waals surface area contributed by atoms with Crippen molar-refractivity contribution in [2.45, 2.75) is 0 Å². The molecule has 4 heteroatoms. The SMILES string of the molecule is O=c1c2sccc2c2ccccc2n1-c1ccc(O)cc1. The minimum absolute atomic E-state index is 0.0237. The molecule has 1 N–H and O–H groups in total. The predicted molar refractivity (Wildman–Crippen MR) is 86.6 cm³/mol.